The molecule has 1 aliphatic rings. The van der Waals surface area contributed by atoms with Crippen molar-refractivity contribution in [2.24, 2.45) is 0 Å². The zero-order valence-corrected chi connectivity index (χ0v) is 16.0. The molecule has 23 heavy (non-hydrogen) atoms. The molecular formula is C21H35NO. The summed E-state index contributed by atoms with van der Waals surface area (Å²) in [4.78, 5) is 6.66. The molecule has 0 radical (unpaired) electrons. The molecule has 1 saturated heterocycles. The number of nitrogens with zero attached hydrogens (tertiary/aromatic N) is 1. The molecule has 130 valence electrons. The molecule has 1 unspecified atom stereocenters. The Morgan fingerprint density at radius 3 is 2.04 bits per heavy atom. The van der Waals surface area contributed by atoms with Crippen LogP contribution in [0.2, 0.25) is 0 Å². The van der Waals surface area contributed by atoms with Crippen LogP contribution in [0, 0.1) is 0 Å². The Hall–Kier alpha value is -0.860. The number of benzene rings is 1. The van der Waals surface area contributed by atoms with E-state index in [-0.39, 0.29) is 17.2 Å². The van der Waals surface area contributed by atoms with E-state index in [0.29, 0.717) is 0 Å². The molecule has 0 saturated carbocycles. The summed E-state index contributed by atoms with van der Waals surface area (Å²) in [5.41, 5.74) is 2.89. The van der Waals surface area contributed by atoms with Crippen molar-refractivity contribution < 1.29 is 4.84 Å². The van der Waals surface area contributed by atoms with Gasteiger partial charge in [0.2, 0.25) is 0 Å². The molecule has 2 rings (SSSR count). The average molecular weight is 318 g/mol. The quantitative estimate of drug-likeness (QED) is 0.632. The molecule has 1 aliphatic heterocycles. The van der Waals surface area contributed by atoms with Gasteiger partial charge in [-0.2, -0.15) is 5.06 Å². The van der Waals surface area contributed by atoms with Gasteiger partial charge in [0.1, 0.15) is 6.10 Å². The lowest BCUT2D eigenvalue weighted by Gasteiger charge is -2.52. The van der Waals surface area contributed by atoms with Crippen LogP contribution in [0.25, 0.3) is 0 Å². The normalized spacial score (nSPS) is 22.0. The highest BCUT2D eigenvalue weighted by Crippen LogP contribution is 2.41. The highest BCUT2D eigenvalue weighted by atomic mass is 16.7. The second-order valence-corrected chi connectivity index (χ2v) is 8.25. The van der Waals surface area contributed by atoms with Gasteiger partial charge in [-0.1, -0.05) is 44.5 Å². The van der Waals surface area contributed by atoms with E-state index in [1.165, 1.54) is 30.4 Å². The molecular weight excluding hydrogens is 282 g/mol. The summed E-state index contributed by atoms with van der Waals surface area (Å²) in [6, 6.07) is 8.99. The molecule has 2 heteroatoms. The Bertz CT molecular complexity index is 473. The van der Waals surface area contributed by atoms with E-state index in [1.54, 1.807) is 0 Å². The van der Waals surface area contributed by atoms with Crippen molar-refractivity contribution in [1.29, 1.82) is 0 Å². The fourth-order valence-corrected chi connectivity index (χ4v) is 3.90. The van der Waals surface area contributed by atoms with Gasteiger partial charge >= 0.3 is 0 Å². The second-order valence-electron chi connectivity index (χ2n) is 8.25. The van der Waals surface area contributed by atoms with E-state index in [4.69, 9.17) is 4.84 Å². The van der Waals surface area contributed by atoms with Crippen molar-refractivity contribution in [2.75, 3.05) is 0 Å². The summed E-state index contributed by atoms with van der Waals surface area (Å²) in [5, 5.41) is 2.30. The van der Waals surface area contributed by atoms with Gasteiger partial charge in [-0.15, -0.1) is 0 Å². The zero-order valence-electron chi connectivity index (χ0n) is 16.0. The Balaban J connectivity index is 2.22. The number of hydrogen-bond acceptors (Lipinski definition) is 2. The third-order valence-electron chi connectivity index (χ3n) is 5.22. The van der Waals surface area contributed by atoms with Crippen LogP contribution in [0.15, 0.2) is 24.3 Å². The van der Waals surface area contributed by atoms with Crippen LogP contribution in [0.1, 0.15) is 90.9 Å². The largest absolute Gasteiger partial charge is 0.290 e. The van der Waals surface area contributed by atoms with Crippen molar-refractivity contribution >= 4 is 0 Å². The minimum absolute atomic E-state index is 0.0943. The molecule has 0 aromatic heterocycles. The molecule has 1 heterocycles. The minimum atomic E-state index is 0.0943. The Kier molecular flexibility index (Phi) is 5.91. The minimum Gasteiger partial charge on any atom is -0.290 e. The average Bonchev–Trinajstić information content (AvgIpc) is 2.49. The van der Waals surface area contributed by atoms with Gasteiger partial charge in [-0.25, -0.2) is 0 Å². The lowest BCUT2D eigenvalue weighted by atomic mass is 9.82. The SMILES string of the molecule is CCCC(ON1C(C)(C)CCCC1(C)C)c1ccc(CC)cc1. The number of rotatable bonds is 6. The highest BCUT2D eigenvalue weighted by Gasteiger charge is 2.43. The van der Waals surface area contributed by atoms with E-state index in [2.05, 4.69) is 70.9 Å². The van der Waals surface area contributed by atoms with Crippen LogP contribution in [0.5, 0.6) is 0 Å². The van der Waals surface area contributed by atoms with Crippen molar-refractivity contribution in [1.82, 2.24) is 5.06 Å². The predicted molar refractivity (Wildman–Crippen MR) is 98.4 cm³/mol. The molecule has 0 amide bonds. The zero-order chi connectivity index (χ0) is 17.1. The number of hydroxylamine groups is 2. The van der Waals surface area contributed by atoms with Crippen LogP contribution in [0.3, 0.4) is 0 Å². The summed E-state index contributed by atoms with van der Waals surface area (Å²) >= 11 is 0. The topological polar surface area (TPSA) is 12.5 Å². The van der Waals surface area contributed by atoms with Crippen molar-refractivity contribution in [2.45, 2.75) is 97.2 Å². The van der Waals surface area contributed by atoms with Crippen LogP contribution < -0.4 is 0 Å². The van der Waals surface area contributed by atoms with Crippen LogP contribution in [-0.4, -0.2) is 16.1 Å². The fourth-order valence-electron chi connectivity index (χ4n) is 3.90. The number of aryl methyl sites for hydroxylation is 1. The molecule has 0 bridgehead atoms. The number of piperidine rings is 1. The Morgan fingerprint density at radius 2 is 1.57 bits per heavy atom. The standard InChI is InChI=1S/C21H35NO/c1-7-10-19(18-13-11-17(8-2)12-14-18)23-22-20(3,4)15-9-16-21(22,5)6/h11-14,19H,7-10,15-16H2,1-6H3. The molecule has 1 atom stereocenters. The van der Waals surface area contributed by atoms with E-state index in [9.17, 15) is 0 Å². The van der Waals surface area contributed by atoms with Crippen molar-refractivity contribution in [3.63, 3.8) is 0 Å². The summed E-state index contributed by atoms with van der Waals surface area (Å²) in [6.45, 7) is 13.7. The van der Waals surface area contributed by atoms with E-state index < -0.39 is 0 Å². The molecule has 1 aromatic carbocycles. The molecule has 0 aliphatic carbocycles. The number of hydrogen-bond donors (Lipinski definition) is 0. The first-order valence-electron chi connectivity index (χ1n) is 9.36. The van der Waals surface area contributed by atoms with Gasteiger partial charge in [0.05, 0.1) is 0 Å². The van der Waals surface area contributed by atoms with Crippen molar-refractivity contribution in [3.05, 3.63) is 35.4 Å². The van der Waals surface area contributed by atoms with Crippen LogP contribution >= 0.6 is 0 Å². The fraction of sp³-hybridized carbons (Fsp3) is 0.714. The second kappa shape index (κ2) is 7.36. The lowest BCUT2D eigenvalue weighted by molar-refractivity contribution is -0.308. The van der Waals surface area contributed by atoms with Crippen LogP contribution in [-0.2, 0) is 11.3 Å². The smallest absolute Gasteiger partial charge is 0.104 e. The first-order chi connectivity index (χ1) is 10.8. The third-order valence-corrected chi connectivity index (χ3v) is 5.22. The Morgan fingerprint density at radius 1 is 1.00 bits per heavy atom. The molecule has 1 aromatic rings. The Labute approximate surface area is 143 Å². The van der Waals surface area contributed by atoms with Gasteiger partial charge in [0, 0.05) is 11.1 Å². The highest BCUT2D eigenvalue weighted by molar-refractivity contribution is 5.24. The van der Waals surface area contributed by atoms with E-state index in [1.807, 2.05) is 0 Å². The summed E-state index contributed by atoms with van der Waals surface area (Å²) in [6.07, 6.45) is 7.12. The monoisotopic (exact) mass is 317 g/mol. The summed E-state index contributed by atoms with van der Waals surface area (Å²) < 4.78 is 0. The lowest BCUT2D eigenvalue weighted by Crippen LogP contribution is -2.58. The van der Waals surface area contributed by atoms with Crippen LogP contribution in [0.4, 0.5) is 0 Å². The maximum Gasteiger partial charge on any atom is 0.104 e. The summed E-state index contributed by atoms with van der Waals surface area (Å²) in [7, 11) is 0. The first-order valence-corrected chi connectivity index (χ1v) is 9.36. The van der Waals surface area contributed by atoms with Crippen molar-refractivity contribution in [3.8, 4) is 0 Å². The third kappa shape index (κ3) is 4.36. The van der Waals surface area contributed by atoms with Gasteiger partial charge in [0.25, 0.3) is 0 Å². The predicted octanol–water partition coefficient (Wildman–Crippen LogP) is 6.06. The first kappa shape index (κ1) is 18.5. The molecule has 1 fully saturated rings. The molecule has 2 nitrogen and oxygen atoms in total. The maximum atomic E-state index is 6.66. The van der Waals surface area contributed by atoms with E-state index >= 15 is 0 Å². The maximum absolute atomic E-state index is 6.66. The van der Waals surface area contributed by atoms with Gasteiger partial charge in [0.15, 0.2) is 0 Å². The van der Waals surface area contributed by atoms with E-state index in [0.717, 1.165) is 19.3 Å². The molecule has 0 N–H and O–H groups in total. The summed E-state index contributed by atoms with van der Waals surface area (Å²) in [5.74, 6) is 0. The van der Waals surface area contributed by atoms with Gasteiger partial charge in [-0.05, 0) is 70.9 Å². The van der Waals surface area contributed by atoms with Gasteiger partial charge in [-0.3, -0.25) is 4.84 Å². The van der Waals surface area contributed by atoms with Gasteiger partial charge < -0.3 is 0 Å². The molecule has 0 spiro atoms.